The maximum Gasteiger partial charge on any atom is 0.212 e. The Kier molecular flexibility index (Phi) is 5.20. The van der Waals surface area contributed by atoms with Crippen LogP contribution in [0.15, 0.2) is 54.2 Å². The van der Waals surface area contributed by atoms with E-state index in [1.807, 2.05) is 40.4 Å². The van der Waals surface area contributed by atoms with Crippen LogP contribution in [0.1, 0.15) is 16.6 Å². The van der Waals surface area contributed by atoms with Gasteiger partial charge in [-0.15, -0.1) is 16.4 Å². The van der Waals surface area contributed by atoms with E-state index in [0.29, 0.717) is 5.88 Å². The van der Waals surface area contributed by atoms with E-state index in [4.69, 9.17) is 4.74 Å². The molecule has 154 valence electrons. The number of hydrogen-bond acceptors (Lipinski definition) is 7. The molecule has 5 heterocycles. The number of pyridine rings is 2. The van der Waals surface area contributed by atoms with Gasteiger partial charge >= 0.3 is 0 Å². The highest BCUT2D eigenvalue weighted by molar-refractivity contribution is 7.09. The van der Waals surface area contributed by atoms with Crippen molar-refractivity contribution in [2.75, 3.05) is 33.8 Å². The van der Waals surface area contributed by atoms with Gasteiger partial charge in [-0.05, 0) is 30.6 Å². The average molecular weight is 421 g/mol. The molecule has 0 bridgehead atoms. The second kappa shape index (κ2) is 8.14. The molecule has 1 atom stereocenters. The van der Waals surface area contributed by atoms with Crippen LogP contribution in [0.3, 0.4) is 0 Å². The molecule has 4 aromatic heterocycles. The van der Waals surface area contributed by atoms with Gasteiger partial charge in [0.25, 0.3) is 0 Å². The van der Waals surface area contributed by atoms with Crippen molar-refractivity contribution in [3.05, 3.63) is 64.7 Å². The molecule has 0 aromatic carbocycles. The summed E-state index contributed by atoms with van der Waals surface area (Å²) in [5, 5.41) is 11.1. The highest BCUT2D eigenvalue weighted by atomic mass is 32.1. The third kappa shape index (κ3) is 3.69. The zero-order valence-electron chi connectivity index (χ0n) is 17.1. The number of nitrogens with zero attached hydrogens (tertiary/aromatic N) is 6. The van der Waals surface area contributed by atoms with Gasteiger partial charge in [0.05, 0.1) is 18.7 Å². The van der Waals surface area contributed by atoms with Crippen LogP contribution in [0.2, 0.25) is 0 Å². The summed E-state index contributed by atoms with van der Waals surface area (Å²) in [6, 6.07) is 12.6. The van der Waals surface area contributed by atoms with Crippen LogP contribution in [-0.4, -0.2) is 63.4 Å². The Balaban J connectivity index is 1.40. The van der Waals surface area contributed by atoms with Gasteiger partial charge < -0.3 is 4.74 Å². The summed E-state index contributed by atoms with van der Waals surface area (Å²) in [6.45, 7) is 4.03. The highest BCUT2D eigenvalue weighted by Gasteiger charge is 2.29. The zero-order valence-corrected chi connectivity index (χ0v) is 17.9. The molecular weight excluding hydrogens is 396 g/mol. The minimum atomic E-state index is 0.227. The lowest BCUT2D eigenvalue weighted by Crippen LogP contribution is -2.46. The summed E-state index contributed by atoms with van der Waals surface area (Å²) in [4.78, 5) is 10.6. The smallest absolute Gasteiger partial charge is 0.212 e. The third-order valence-electron chi connectivity index (χ3n) is 5.73. The van der Waals surface area contributed by atoms with Crippen molar-refractivity contribution in [2.45, 2.75) is 12.6 Å². The SMILES string of the molecule is COc1ccc(-c2ccc3c(C4CN(Cc5cccs5)CCN4C)nnn3c2)cn1. The number of hydrogen-bond donors (Lipinski definition) is 0. The van der Waals surface area contributed by atoms with Crippen molar-refractivity contribution < 1.29 is 4.74 Å². The van der Waals surface area contributed by atoms with Crippen molar-refractivity contribution >= 4 is 16.9 Å². The molecule has 4 aromatic rings. The molecule has 0 N–H and O–H groups in total. The molecule has 8 heteroatoms. The Hall–Kier alpha value is -2.81. The first-order chi connectivity index (χ1) is 14.7. The van der Waals surface area contributed by atoms with E-state index in [0.717, 1.165) is 48.5 Å². The van der Waals surface area contributed by atoms with Gasteiger partial charge in [-0.1, -0.05) is 17.3 Å². The molecule has 1 aliphatic heterocycles. The summed E-state index contributed by atoms with van der Waals surface area (Å²) in [7, 11) is 3.80. The van der Waals surface area contributed by atoms with Crippen molar-refractivity contribution in [1.29, 1.82) is 0 Å². The van der Waals surface area contributed by atoms with Gasteiger partial charge in [0.15, 0.2) is 0 Å². The second-order valence-corrected chi connectivity index (χ2v) is 8.65. The molecule has 0 spiro atoms. The Labute approximate surface area is 179 Å². The Morgan fingerprint density at radius 2 is 2.03 bits per heavy atom. The van der Waals surface area contributed by atoms with Crippen LogP contribution in [0.4, 0.5) is 0 Å². The monoisotopic (exact) mass is 420 g/mol. The van der Waals surface area contributed by atoms with Crippen LogP contribution in [0, 0.1) is 0 Å². The van der Waals surface area contributed by atoms with Crippen LogP contribution < -0.4 is 4.74 Å². The van der Waals surface area contributed by atoms with E-state index in [9.17, 15) is 0 Å². The average Bonchev–Trinajstić information content (AvgIpc) is 3.44. The van der Waals surface area contributed by atoms with Gasteiger partial charge in [0.1, 0.15) is 5.69 Å². The van der Waals surface area contributed by atoms with Crippen molar-refractivity contribution in [2.24, 2.45) is 0 Å². The predicted molar refractivity (Wildman–Crippen MR) is 118 cm³/mol. The van der Waals surface area contributed by atoms with E-state index < -0.39 is 0 Å². The van der Waals surface area contributed by atoms with Gasteiger partial charge in [0.2, 0.25) is 5.88 Å². The van der Waals surface area contributed by atoms with E-state index in [1.54, 1.807) is 7.11 Å². The molecule has 7 nitrogen and oxygen atoms in total. The number of ether oxygens (including phenoxy) is 1. The highest BCUT2D eigenvalue weighted by Crippen LogP contribution is 2.29. The van der Waals surface area contributed by atoms with Gasteiger partial charge in [0, 0.05) is 60.6 Å². The zero-order chi connectivity index (χ0) is 20.5. The molecule has 0 saturated carbocycles. The summed E-state index contributed by atoms with van der Waals surface area (Å²) >= 11 is 1.82. The number of piperazine rings is 1. The standard InChI is InChI=1S/C22H24N6OS/c1-26-9-10-27(14-18-4-3-11-30-18)15-20(26)22-19-7-5-17(13-28(19)25-24-22)16-6-8-21(29-2)23-12-16/h3-8,11-13,20H,9-10,14-15H2,1-2H3. The molecule has 1 fully saturated rings. The van der Waals surface area contributed by atoms with Gasteiger partial charge in [-0.3, -0.25) is 9.80 Å². The largest absolute Gasteiger partial charge is 0.481 e. The van der Waals surface area contributed by atoms with E-state index in [1.165, 1.54) is 4.88 Å². The quantitative estimate of drug-likeness (QED) is 0.494. The maximum absolute atomic E-state index is 5.15. The fraction of sp³-hybridized carbons (Fsp3) is 0.318. The van der Waals surface area contributed by atoms with Crippen molar-refractivity contribution in [3.63, 3.8) is 0 Å². The maximum atomic E-state index is 5.15. The van der Waals surface area contributed by atoms with Gasteiger partial charge in [-0.25, -0.2) is 9.50 Å². The summed E-state index contributed by atoms with van der Waals surface area (Å²) < 4.78 is 7.03. The number of rotatable bonds is 5. The van der Waals surface area contributed by atoms with Crippen LogP contribution in [-0.2, 0) is 6.54 Å². The number of aromatic nitrogens is 4. The lowest BCUT2D eigenvalue weighted by Gasteiger charge is -2.38. The predicted octanol–water partition coefficient (Wildman–Crippen LogP) is 3.35. The first-order valence-corrected chi connectivity index (χ1v) is 10.9. The lowest BCUT2D eigenvalue weighted by atomic mass is 10.1. The van der Waals surface area contributed by atoms with Crippen molar-refractivity contribution in [1.82, 2.24) is 29.6 Å². The molecule has 1 unspecified atom stereocenters. The topological polar surface area (TPSA) is 58.8 Å². The first kappa shape index (κ1) is 19.2. The third-order valence-corrected chi connectivity index (χ3v) is 6.59. The van der Waals surface area contributed by atoms with E-state index in [-0.39, 0.29) is 6.04 Å². The first-order valence-electron chi connectivity index (χ1n) is 10.0. The fourth-order valence-electron chi connectivity index (χ4n) is 3.99. The molecule has 5 rings (SSSR count). The number of methoxy groups -OCH3 is 1. The molecule has 0 aliphatic carbocycles. The normalized spacial score (nSPS) is 18.1. The number of fused-ring (bicyclic) bond motifs is 1. The van der Waals surface area contributed by atoms with E-state index >= 15 is 0 Å². The van der Waals surface area contributed by atoms with Crippen LogP contribution in [0.5, 0.6) is 5.88 Å². The van der Waals surface area contributed by atoms with Crippen LogP contribution in [0.25, 0.3) is 16.6 Å². The summed E-state index contributed by atoms with van der Waals surface area (Å²) in [5.41, 5.74) is 4.15. The van der Waals surface area contributed by atoms with Crippen molar-refractivity contribution in [3.8, 4) is 17.0 Å². The van der Waals surface area contributed by atoms with Gasteiger partial charge in [-0.2, -0.15) is 0 Å². The molecule has 0 amide bonds. The van der Waals surface area contributed by atoms with E-state index in [2.05, 4.69) is 61.8 Å². The number of thiophene rings is 1. The molecular formula is C22H24N6OS. The molecule has 0 radical (unpaired) electrons. The molecule has 1 saturated heterocycles. The summed E-state index contributed by atoms with van der Waals surface area (Å²) in [5.74, 6) is 0.607. The Morgan fingerprint density at radius 3 is 2.80 bits per heavy atom. The molecule has 1 aliphatic rings. The minimum absolute atomic E-state index is 0.227. The lowest BCUT2D eigenvalue weighted by molar-refractivity contribution is 0.0896. The Bertz CT molecular complexity index is 1120. The molecule has 30 heavy (non-hydrogen) atoms. The minimum Gasteiger partial charge on any atom is -0.481 e. The second-order valence-electron chi connectivity index (χ2n) is 7.62. The Morgan fingerprint density at radius 1 is 1.13 bits per heavy atom. The van der Waals surface area contributed by atoms with Crippen LogP contribution >= 0.6 is 11.3 Å². The number of likely N-dealkylation sites (N-methyl/N-ethyl adjacent to an activating group) is 1. The fourth-order valence-corrected chi connectivity index (χ4v) is 4.73. The summed E-state index contributed by atoms with van der Waals surface area (Å²) in [6.07, 6.45) is 3.83.